The molecular weight excluding hydrogens is 394 g/mol. The molecule has 2 fully saturated rings. The van der Waals surface area contributed by atoms with Gasteiger partial charge in [-0.3, -0.25) is 19.9 Å². The summed E-state index contributed by atoms with van der Waals surface area (Å²) < 4.78 is 0. The van der Waals surface area contributed by atoms with Crippen molar-refractivity contribution in [3.8, 4) is 0 Å². The van der Waals surface area contributed by atoms with Gasteiger partial charge in [0.05, 0.1) is 11.8 Å². The van der Waals surface area contributed by atoms with E-state index < -0.39 is 29.9 Å². The Labute approximate surface area is 175 Å². The number of benzene rings is 1. The van der Waals surface area contributed by atoms with Gasteiger partial charge in [0.15, 0.2) is 5.92 Å². The van der Waals surface area contributed by atoms with Crippen LogP contribution in [0.25, 0.3) is 0 Å². The zero-order valence-electron chi connectivity index (χ0n) is 16.8. The molecule has 3 atom stereocenters. The molecule has 1 saturated heterocycles. The van der Waals surface area contributed by atoms with E-state index in [4.69, 9.17) is 11.6 Å². The number of hydrogen-bond donors (Lipinski definition) is 2. The highest BCUT2D eigenvalue weighted by molar-refractivity contribution is 6.33. The molecule has 1 aliphatic heterocycles. The van der Waals surface area contributed by atoms with Crippen LogP contribution >= 0.6 is 11.6 Å². The highest BCUT2D eigenvalue weighted by atomic mass is 35.5. The van der Waals surface area contributed by atoms with Crippen molar-refractivity contribution >= 4 is 41.3 Å². The molecule has 1 unspecified atom stereocenters. The highest BCUT2D eigenvalue weighted by Gasteiger charge is 2.42. The Bertz CT molecular complexity index is 852. The standard InChI is InChI=1S/C21H26ClN3O4/c1-20(2)8-15(26)9-21(3,11-20)12-23-10-16-17(27)24-19(29)25(18(16)28)14-6-4-13(22)5-7-14/h4-7,10,15-16,26H,8-9,11-12H2,1-3H3,(H,24,27,29)/t15-,16?,21+/m0/s1. The van der Waals surface area contributed by atoms with Gasteiger partial charge < -0.3 is 5.11 Å². The third kappa shape index (κ3) is 4.85. The summed E-state index contributed by atoms with van der Waals surface area (Å²) >= 11 is 5.86. The van der Waals surface area contributed by atoms with E-state index in [1.165, 1.54) is 18.3 Å². The van der Waals surface area contributed by atoms with Gasteiger partial charge >= 0.3 is 6.03 Å². The van der Waals surface area contributed by atoms with Crippen molar-refractivity contribution in [2.45, 2.75) is 46.1 Å². The van der Waals surface area contributed by atoms with E-state index in [0.29, 0.717) is 23.7 Å². The normalized spacial score (nSPS) is 30.0. The molecule has 3 rings (SSSR count). The molecule has 1 aliphatic carbocycles. The number of barbiturate groups is 1. The Morgan fingerprint density at radius 2 is 1.86 bits per heavy atom. The van der Waals surface area contributed by atoms with Crippen LogP contribution in [-0.2, 0) is 9.59 Å². The number of aliphatic hydroxyl groups excluding tert-OH is 1. The van der Waals surface area contributed by atoms with Gasteiger partial charge in [-0.1, -0.05) is 32.4 Å². The molecule has 156 valence electrons. The lowest BCUT2D eigenvalue weighted by Crippen LogP contribution is -2.58. The zero-order valence-corrected chi connectivity index (χ0v) is 17.6. The highest BCUT2D eigenvalue weighted by Crippen LogP contribution is 2.46. The van der Waals surface area contributed by atoms with E-state index in [1.54, 1.807) is 12.1 Å². The topological polar surface area (TPSA) is 99.1 Å². The monoisotopic (exact) mass is 419 g/mol. The van der Waals surface area contributed by atoms with Crippen LogP contribution < -0.4 is 10.2 Å². The molecule has 2 aliphatic rings. The first-order chi connectivity index (χ1) is 13.5. The number of halogens is 1. The Morgan fingerprint density at radius 3 is 2.48 bits per heavy atom. The van der Waals surface area contributed by atoms with Crippen LogP contribution in [0.5, 0.6) is 0 Å². The summed E-state index contributed by atoms with van der Waals surface area (Å²) in [7, 11) is 0. The fourth-order valence-corrected chi connectivity index (χ4v) is 4.76. The lowest BCUT2D eigenvalue weighted by atomic mass is 9.63. The summed E-state index contributed by atoms with van der Waals surface area (Å²) in [4.78, 5) is 42.6. The maximum atomic E-state index is 12.8. The van der Waals surface area contributed by atoms with Gasteiger partial charge in [0.25, 0.3) is 5.91 Å². The average molecular weight is 420 g/mol. The van der Waals surface area contributed by atoms with Gasteiger partial charge in [0.1, 0.15) is 0 Å². The largest absolute Gasteiger partial charge is 0.393 e. The molecule has 1 heterocycles. The minimum absolute atomic E-state index is 0.00221. The van der Waals surface area contributed by atoms with E-state index in [0.717, 1.165) is 17.7 Å². The molecule has 8 heteroatoms. The Balaban J connectivity index is 1.75. The van der Waals surface area contributed by atoms with Crippen molar-refractivity contribution in [2.75, 3.05) is 11.4 Å². The van der Waals surface area contributed by atoms with Gasteiger partial charge in [-0.25, -0.2) is 9.69 Å². The van der Waals surface area contributed by atoms with E-state index >= 15 is 0 Å². The predicted molar refractivity (Wildman–Crippen MR) is 111 cm³/mol. The molecule has 2 N–H and O–H groups in total. The number of nitrogens with zero attached hydrogens (tertiary/aromatic N) is 2. The summed E-state index contributed by atoms with van der Waals surface area (Å²) in [5, 5.41) is 12.9. The van der Waals surface area contributed by atoms with Crippen molar-refractivity contribution in [3.63, 3.8) is 0 Å². The summed E-state index contributed by atoms with van der Waals surface area (Å²) in [5.41, 5.74) is 0.0990. The van der Waals surface area contributed by atoms with E-state index in [1.807, 2.05) is 0 Å². The molecular formula is C21H26ClN3O4. The molecule has 4 amide bonds. The van der Waals surface area contributed by atoms with E-state index in [-0.39, 0.29) is 10.8 Å². The van der Waals surface area contributed by atoms with Crippen LogP contribution in [0.15, 0.2) is 29.3 Å². The Morgan fingerprint density at radius 1 is 1.21 bits per heavy atom. The fraction of sp³-hybridized carbons (Fsp3) is 0.524. The van der Waals surface area contributed by atoms with Gasteiger partial charge in [-0.2, -0.15) is 0 Å². The van der Waals surface area contributed by atoms with Crippen LogP contribution in [0.1, 0.15) is 40.0 Å². The zero-order chi connectivity index (χ0) is 21.4. The van der Waals surface area contributed by atoms with E-state index in [9.17, 15) is 19.5 Å². The molecule has 0 spiro atoms. The number of carbonyl (C=O) groups is 3. The summed E-state index contributed by atoms with van der Waals surface area (Å²) in [6.07, 6.45) is 3.17. The quantitative estimate of drug-likeness (QED) is 0.578. The number of anilines is 1. The smallest absolute Gasteiger partial charge is 0.335 e. The lowest BCUT2D eigenvalue weighted by molar-refractivity contribution is -0.131. The van der Waals surface area contributed by atoms with Crippen molar-refractivity contribution < 1.29 is 19.5 Å². The Kier molecular flexibility index (Phi) is 5.83. The van der Waals surface area contributed by atoms with Crippen LogP contribution in [0.3, 0.4) is 0 Å². The van der Waals surface area contributed by atoms with E-state index in [2.05, 4.69) is 31.1 Å². The van der Waals surface area contributed by atoms with Crippen LogP contribution in [0, 0.1) is 16.7 Å². The molecule has 0 bridgehead atoms. The van der Waals surface area contributed by atoms with Crippen molar-refractivity contribution in [2.24, 2.45) is 21.7 Å². The molecule has 29 heavy (non-hydrogen) atoms. The predicted octanol–water partition coefficient (Wildman–Crippen LogP) is 3.19. The minimum Gasteiger partial charge on any atom is -0.393 e. The third-order valence-corrected chi connectivity index (χ3v) is 5.69. The van der Waals surface area contributed by atoms with Crippen LogP contribution in [-0.4, -0.2) is 41.8 Å². The SMILES string of the molecule is CC1(C)C[C@H](O)C[C@@](C)(CN=CC2C(=O)NC(=O)N(c3ccc(Cl)cc3)C2=O)C1. The minimum atomic E-state index is -1.19. The number of urea groups is 1. The number of hydrogen-bond acceptors (Lipinski definition) is 5. The molecule has 7 nitrogen and oxygen atoms in total. The molecule has 1 aromatic rings. The average Bonchev–Trinajstić information content (AvgIpc) is 2.57. The maximum absolute atomic E-state index is 12.8. The Hall–Kier alpha value is -2.25. The molecule has 0 aromatic heterocycles. The summed E-state index contributed by atoms with van der Waals surface area (Å²) in [6.45, 7) is 6.68. The van der Waals surface area contributed by atoms with Gasteiger partial charge in [0.2, 0.25) is 5.91 Å². The molecule has 1 aromatic carbocycles. The first-order valence-corrected chi connectivity index (χ1v) is 10.00. The van der Waals surface area contributed by atoms with Crippen molar-refractivity contribution in [1.29, 1.82) is 0 Å². The van der Waals surface area contributed by atoms with Gasteiger partial charge in [-0.05, 0) is 54.4 Å². The second kappa shape index (κ2) is 7.88. The maximum Gasteiger partial charge on any atom is 0.335 e. The van der Waals surface area contributed by atoms with Crippen LogP contribution in [0.2, 0.25) is 5.02 Å². The lowest BCUT2D eigenvalue weighted by Gasteiger charge is -2.44. The number of rotatable bonds is 4. The number of nitrogens with one attached hydrogen (secondary N) is 1. The fourth-order valence-electron chi connectivity index (χ4n) is 4.63. The first-order valence-electron chi connectivity index (χ1n) is 9.62. The summed E-state index contributed by atoms with van der Waals surface area (Å²) in [6, 6.07) is 5.41. The number of aliphatic hydroxyl groups is 1. The second-order valence-corrected chi connectivity index (χ2v) is 9.56. The van der Waals surface area contributed by atoms with Crippen LogP contribution in [0.4, 0.5) is 10.5 Å². The molecule has 0 radical (unpaired) electrons. The van der Waals surface area contributed by atoms with Gasteiger partial charge in [0, 0.05) is 17.8 Å². The molecule has 1 saturated carbocycles. The number of imide groups is 2. The van der Waals surface area contributed by atoms with Crippen molar-refractivity contribution in [1.82, 2.24) is 5.32 Å². The first kappa shape index (κ1) is 21.5. The number of aliphatic imine (C=N–C) groups is 1. The number of amides is 4. The van der Waals surface area contributed by atoms with Gasteiger partial charge in [-0.15, -0.1) is 0 Å². The summed E-state index contributed by atoms with van der Waals surface area (Å²) in [5.74, 6) is -2.53. The number of carbonyl (C=O) groups excluding carboxylic acids is 3. The third-order valence-electron chi connectivity index (χ3n) is 5.44. The van der Waals surface area contributed by atoms with Crippen molar-refractivity contribution in [3.05, 3.63) is 29.3 Å². The second-order valence-electron chi connectivity index (χ2n) is 9.13.